The number of aryl methyl sites for hydroxylation is 1. The number of thiazole rings is 1. The second kappa shape index (κ2) is 6.54. The van der Waals surface area contributed by atoms with Crippen molar-refractivity contribution < 1.29 is 22.8 Å². The largest absolute Gasteiger partial charge is 0.436 e. The zero-order valence-electron chi connectivity index (χ0n) is 11.4. The van der Waals surface area contributed by atoms with E-state index >= 15 is 0 Å². The second-order valence-electron chi connectivity index (χ2n) is 4.20. The number of hydrogen-bond acceptors (Lipinski definition) is 5. The van der Waals surface area contributed by atoms with Crippen LogP contribution in [-0.4, -0.2) is 33.1 Å². The first-order valence-electron chi connectivity index (χ1n) is 5.97. The first-order chi connectivity index (χ1) is 10.7. The Labute approximate surface area is 136 Å². The molecular formula is C11H9ClF3N5O2S. The topological polar surface area (TPSA) is 88.9 Å². The van der Waals surface area contributed by atoms with E-state index in [1.165, 1.54) is 17.5 Å². The van der Waals surface area contributed by atoms with Crippen LogP contribution in [0.1, 0.15) is 16.2 Å². The monoisotopic (exact) mass is 367 g/mol. The third-order valence-electron chi connectivity index (χ3n) is 2.56. The predicted molar refractivity (Wildman–Crippen MR) is 76.3 cm³/mol. The van der Waals surface area contributed by atoms with Gasteiger partial charge in [0.15, 0.2) is 10.8 Å². The van der Waals surface area contributed by atoms with Crippen LogP contribution in [0.2, 0.25) is 5.02 Å². The molecule has 0 fully saturated rings. The molecule has 12 heteroatoms. The molecule has 0 radical (unpaired) electrons. The molecule has 2 rings (SSSR count). The molecule has 0 atom stereocenters. The van der Waals surface area contributed by atoms with E-state index in [1.54, 1.807) is 5.38 Å². The van der Waals surface area contributed by atoms with Crippen LogP contribution in [-0.2, 0) is 18.0 Å². The number of halogens is 4. The van der Waals surface area contributed by atoms with E-state index in [0.29, 0.717) is 9.81 Å². The van der Waals surface area contributed by atoms with Gasteiger partial charge in [-0.3, -0.25) is 14.3 Å². The van der Waals surface area contributed by atoms with Gasteiger partial charge in [-0.2, -0.15) is 18.3 Å². The quantitative estimate of drug-likeness (QED) is 0.864. The molecule has 23 heavy (non-hydrogen) atoms. The van der Waals surface area contributed by atoms with Crippen molar-refractivity contribution in [3.63, 3.8) is 0 Å². The molecule has 0 aromatic carbocycles. The Morgan fingerprint density at radius 1 is 1.43 bits per heavy atom. The molecule has 0 saturated heterocycles. The fourth-order valence-corrected chi connectivity index (χ4v) is 2.52. The lowest BCUT2D eigenvalue weighted by molar-refractivity contribution is -0.141. The zero-order chi connectivity index (χ0) is 17.2. The van der Waals surface area contributed by atoms with E-state index in [1.807, 2.05) is 0 Å². The Kier molecular flexibility index (Phi) is 4.90. The van der Waals surface area contributed by atoms with Gasteiger partial charge in [-0.05, 0) is 0 Å². The maximum Gasteiger partial charge on any atom is 0.436 e. The number of carbonyl (C=O) groups excluding carboxylic acids is 2. The number of nitrogens with one attached hydrogen (secondary N) is 2. The van der Waals surface area contributed by atoms with Crippen LogP contribution in [0, 0.1) is 0 Å². The SMILES string of the molecule is Cn1nc(C(F)(F)F)c(Cl)c1C(=O)NCC(=O)Nc1nccs1. The molecule has 2 amide bonds. The predicted octanol–water partition coefficient (Wildman–Crippen LogP) is 1.92. The van der Waals surface area contributed by atoms with Gasteiger partial charge in [-0.25, -0.2) is 4.98 Å². The number of alkyl halides is 3. The van der Waals surface area contributed by atoms with Gasteiger partial charge >= 0.3 is 6.18 Å². The third kappa shape index (κ3) is 3.99. The minimum Gasteiger partial charge on any atom is -0.342 e. The summed E-state index contributed by atoms with van der Waals surface area (Å²) in [7, 11) is 1.14. The summed E-state index contributed by atoms with van der Waals surface area (Å²) in [4.78, 5) is 27.3. The van der Waals surface area contributed by atoms with E-state index in [0.717, 1.165) is 7.05 Å². The van der Waals surface area contributed by atoms with Gasteiger partial charge in [0.2, 0.25) is 5.91 Å². The van der Waals surface area contributed by atoms with Crippen molar-refractivity contribution in [2.24, 2.45) is 7.05 Å². The number of anilines is 1. The minimum absolute atomic E-state index is 0.335. The first-order valence-corrected chi connectivity index (χ1v) is 7.23. The molecule has 0 unspecified atom stereocenters. The van der Waals surface area contributed by atoms with Crippen molar-refractivity contribution in [2.45, 2.75) is 6.18 Å². The first kappa shape index (κ1) is 17.2. The molecule has 124 valence electrons. The lowest BCUT2D eigenvalue weighted by atomic mass is 10.3. The highest BCUT2D eigenvalue weighted by atomic mass is 35.5. The van der Waals surface area contributed by atoms with E-state index in [-0.39, 0.29) is 0 Å². The summed E-state index contributed by atoms with van der Waals surface area (Å²) >= 11 is 6.74. The molecule has 0 aliphatic heterocycles. The van der Waals surface area contributed by atoms with Crippen molar-refractivity contribution in [3.05, 3.63) is 28.0 Å². The fourth-order valence-electron chi connectivity index (χ4n) is 1.62. The van der Waals surface area contributed by atoms with Gasteiger partial charge < -0.3 is 10.6 Å². The van der Waals surface area contributed by atoms with Crippen molar-refractivity contribution >= 4 is 39.9 Å². The number of nitrogens with zero attached hydrogens (tertiary/aromatic N) is 3. The van der Waals surface area contributed by atoms with E-state index in [4.69, 9.17) is 11.6 Å². The van der Waals surface area contributed by atoms with Crippen LogP contribution < -0.4 is 10.6 Å². The number of amides is 2. The molecule has 0 saturated carbocycles. The summed E-state index contributed by atoms with van der Waals surface area (Å²) in [5.41, 5.74) is -1.85. The van der Waals surface area contributed by atoms with E-state index < -0.39 is 40.9 Å². The van der Waals surface area contributed by atoms with Crippen LogP contribution >= 0.6 is 22.9 Å². The average molecular weight is 368 g/mol. The van der Waals surface area contributed by atoms with Crippen LogP contribution in [0.15, 0.2) is 11.6 Å². The van der Waals surface area contributed by atoms with Crippen LogP contribution in [0.25, 0.3) is 0 Å². The molecule has 0 spiro atoms. The van der Waals surface area contributed by atoms with Crippen LogP contribution in [0.3, 0.4) is 0 Å². The smallest absolute Gasteiger partial charge is 0.342 e. The summed E-state index contributed by atoms with van der Waals surface area (Å²) in [6.07, 6.45) is -3.30. The Balaban J connectivity index is 2.04. The molecule has 0 bridgehead atoms. The summed E-state index contributed by atoms with van der Waals surface area (Å²) in [5.74, 6) is -1.53. The van der Waals surface area contributed by atoms with Gasteiger partial charge in [0.1, 0.15) is 10.7 Å². The lowest BCUT2D eigenvalue weighted by Crippen LogP contribution is -2.34. The average Bonchev–Trinajstić information content (AvgIpc) is 3.04. The molecule has 0 aliphatic carbocycles. The maximum absolute atomic E-state index is 12.7. The van der Waals surface area contributed by atoms with Crippen molar-refractivity contribution in [1.82, 2.24) is 20.1 Å². The fraction of sp³-hybridized carbons (Fsp3) is 0.273. The van der Waals surface area contributed by atoms with E-state index in [2.05, 4.69) is 20.7 Å². The zero-order valence-corrected chi connectivity index (χ0v) is 13.0. The summed E-state index contributed by atoms with van der Waals surface area (Å²) in [5, 5.41) is 8.91. The summed E-state index contributed by atoms with van der Waals surface area (Å²) in [6, 6.07) is 0. The number of carbonyl (C=O) groups is 2. The molecular weight excluding hydrogens is 359 g/mol. The molecule has 2 aromatic heterocycles. The molecule has 2 heterocycles. The van der Waals surface area contributed by atoms with Crippen LogP contribution in [0.5, 0.6) is 0 Å². The van der Waals surface area contributed by atoms with E-state index in [9.17, 15) is 22.8 Å². The van der Waals surface area contributed by atoms with Gasteiger partial charge in [-0.1, -0.05) is 11.6 Å². The van der Waals surface area contributed by atoms with Crippen molar-refractivity contribution in [2.75, 3.05) is 11.9 Å². The van der Waals surface area contributed by atoms with Gasteiger partial charge in [0.25, 0.3) is 5.91 Å². The van der Waals surface area contributed by atoms with Crippen molar-refractivity contribution in [1.29, 1.82) is 0 Å². The third-order valence-corrected chi connectivity index (χ3v) is 3.61. The number of hydrogen-bond donors (Lipinski definition) is 2. The molecule has 0 aliphatic rings. The second-order valence-corrected chi connectivity index (χ2v) is 5.47. The molecule has 2 aromatic rings. The Morgan fingerprint density at radius 3 is 2.65 bits per heavy atom. The van der Waals surface area contributed by atoms with Crippen LogP contribution in [0.4, 0.5) is 18.3 Å². The maximum atomic E-state index is 12.7. The highest BCUT2D eigenvalue weighted by molar-refractivity contribution is 7.13. The number of aromatic nitrogens is 3. The summed E-state index contributed by atoms with van der Waals surface area (Å²) < 4.78 is 38.7. The normalized spacial score (nSPS) is 11.3. The standard InChI is InChI=1S/C11H9ClF3N5O2S/c1-20-7(6(12)8(19-20)11(13,14)15)9(22)17-4-5(21)18-10-16-2-3-23-10/h2-3H,4H2,1H3,(H,17,22)(H,16,18,21). The minimum atomic E-state index is -4.78. The Hall–Kier alpha value is -2.14. The molecule has 2 N–H and O–H groups in total. The molecule has 7 nitrogen and oxygen atoms in total. The Morgan fingerprint density at radius 2 is 2.13 bits per heavy atom. The van der Waals surface area contributed by atoms with Gasteiger partial charge in [0, 0.05) is 18.6 Å². The van der Waals surface area contributed by atoms with Crippen molar-refractivity contribution in [3.8, 4) is 0 Å². The highest BCUT2D eigenvalue weighted by Gasteiger charge is 2.39. The van der Waals surface area contributed by atoms with Gasteiger partial charge in [0.05, 0.1) is 6.54 Å². The number of rotatable bonds is 4. The van der Waals surface area contributed by atoms with Gasteiger partial charge in [-0.15, -0.1) is 11.3 Å². The highest BCUT2D eigenvalue weighted by Crippen LogP contribution is 2.35. The lowest BCUT2D eigenvalue weighted by Gasteiger charge is -2.06. The Bertz CT molecular complexity index is 729. The summed E-state index contributed by atoms with van der Waals surface area (Å²) in [6.45, 7) is -0.457.